The number of allylic oxidation sites excluding steroid dienone is 2. The molecule has 0 spiro atoms. The van der Waals surface area contributed by atoms with Crippen LogP contribution < -0.4 is 56.5 Å². The van der Waals surface area contributed by atoms with Gasteiger partial charge in [-0.1, -0.05) is 6.92 Å². The van der Waals surface area contributed by atoms with Crippen LogP contribution in [0, 0.1) is 13.8 Å². The van der Waals surface area contributed by atoms with Crippen LogP contribution in [0.1, 0.15) is 59.7 Å². The summed E-state index contributed by atoms with van der Waals surface area (Å²) in [6.07, 6.45) is 1.56. The molecule has 0 saturated carbocycles. The van der Waals surface area contributed by atoms with E-state index in [0.29, 0.717) is 47.6 Å². The maximum absolute atomic E-state index is 13.1. The van der Waals surface area contributed by atoms with Gasteiger partial charge in [0.2, 0.25) is 0 Å². The Morgan fingerprint density at radius 2 is 1.89 bits per heavy atom. The largest absolute Gasteiger partial charge is 1.00 e. The SMILES string of the molecule is CCC1(c2c(C)c(C(=O)C3=C([O-])CCCC3=O)cc(C)c2S)OCCO1.[K+]. The fourth-order valence-electron chi connectivity index (χ4n) is 3.79. The molecule has 1 heterocycles. The van der Waals surface area contributed by atoms with Crippen molar-refractivity contribution in [3.63, 3.8) is 0 Å². The average Bonchev–Trinajstić information content (AvgIpc) is 3.08. The van der Waals surface area contributed by atoms with Crippen molar-refractivity contribution in [3.8, 4) is 0 Å². The van der Waals surface area contributed by atoms with Gasteiger partial charge in [0.05, 0.1) is 18.8 Å². The zero-order valence-electron chi connectivity index (χ0n) is 16.3. The van der Waals surface area contributed by atoms with E-state index >= 15 is 0 Å². The summed E-state index contributed by atoms with van der Waals surface area (Å²) in [4.78, 5) is 26.0. The molecule has 27 heavy (non-hydrogen) atoms. The smallest absolute Gasteiger partial charge is 0.875 e. The van der Waals surface area contributed by atoms with Crippen molar-refractivity contribution in [2.75, 3.05) is 13.2 Å². The van der Waals surface area contributed by atoms with E-state index in [0.717, 1.165) is 5.56 Å². The number of carbonyl (C=O) groups is 2. The van der Waals surface area contributed by atoms with Gasteiger partial charge in [-0.05, 0) is 43.9 Å². The summed E-state index contributed by atoms with van der Waals surface area (Å²) in [5, 5.41) is 12.2. The summed E-state index contributed by atoms with van der Waals surface area (Å²) in [6.45, 7) is 6.51. The normalized spacial score (nSPS) is 19.2. The molecule has 7 heteroatoms. The number of ketones is 2. The van der Waals surface area contributed by atoms with Crippen LogP contribution in [-0.4, -0.2) is 24.8 Å². The van der Waals surface area contributed by atoms with E-state index in [1.54, 1.807) is 13.0 Å². The first-order valence-corrected chi connectivity index (χ1v) is 9.36. The number of hydrogen-bond acceptors (Lipinski definition) is 6. The zero-order valence-corrected chi connectivity index (χ0v) is 20.3. The Morgan fingerprint density at radius 1 is 1.26 bits per heavy atom. The van der Waals surface area contributed by atoms with Crippen molar-refractivity contribution in [2.24, 2.45) is 0 Å². The van der Waals surface area contributed by atoms with Gasteiger partial charge in [0, 0.05) is 28.9 Å². The van der Waals surface area contributed by atoms with Crippen molar-refractivity contribution in [1.82, 2.24) is 0 Å². The molecular formula is C20H23KO5S. The molecule has 1 aromatic rings. The van der Waals surface area contributed by atoms with Crippen LogP contribution in [0.4, 0.5) is 0 Å². The Bertz CT molecular complexity index is 809. The first-order valence-electron chi connectivity index (χ1n) is 8.92. The summed E-state index contributed by atoms with van der Waals surface area (Å²) < 4.78 is 11.8. The molecule has 3 rings (SSSR count). The van der Waals surface area contributed by atoms with Crippen LogP contribution in [0.5, 0.6) is 0 Å². The number of carbonyl (C=O) groups excluding carboxylic acids is 2. The second kappa shape index (κ2) is 9.22. The molecule has 1 aliphatic carbocycles. The van der Waals surface area contributed by atoms with E-state index in [1.165, 1.54) is 0 Å². The quantitative estimate of drug-likeness (QED) is 0.318. The number of ether oxygens (including phenoxy) is 2. The molecule has 1 aliphatic heterocycles. The molecule has 0 radical (unpaired) electrons. The molecule has 5 nitrogen and oxygen atoms in total. The van der Waals surface area contributed by atoms with Gasteiger partial charge in [0.15, 0.2) is 17.4 Å². The maximum Gasteiger partial charge on any atom is 1.00 e. The van der Waals surface area contributed by atoms with E-state index < -0.39 is 11.6 Å². The molecule has 0 N–H and O–H groups in total. The third kappa shape index (κ3) is 4.16. The number of Topliss-reactive ketones (excluding diaryl/α,β-unsaturated/α-hetero) is 2. The van der Waals surface area contributed by atoms with Crippen LogP contribution in [0.3, 0.4) is 0 Å². The Hall–Kier alpha value is 0.00636. The van der Waals surface area contributed by atoms with Gasteiger partial charge in [-0.2, -0.15) is 0 Å². The summed E-state index contributed by atoms with van der Waals surface area (Å²) in [5.41, 5.74) is 2.28. The van der Waals surface area contributed by atoms with Crippen LogP contribution in [0.25, 0.3) is 0 Å². The van der Waals surface area contributed by atoms with Gasteiger partial charge in [-0.15, -0.1) is 18.4 Å². The van der Waals surface area contributed by atoms with Crippen LogP contribution in [0.2, 0.25) is 0 Å². The van der Waals surface area contributed by atoms with E-state index in [9.17, 15) is 14.7 Å². The Morgan fingerprint density at radius 3 is 2.44 bits per heavy atom. The Balaban J connectivity index is 0.00000261. The minimum Gasteiger partial charge on any atom is -0.875 e. The molecule has 140 valence electrons. The molecule has 0 amide bonds. The molecule has 1 fully saturated rings. The van der Waals surface area contributed by atoms with Crippen LogP contribution in [0.15, 0.2) is 22.3 Å². The molecule has 0 aromatic heterocycles. The third-order valence-electron chi connectivity index (χ3n) is 5.19. The van der Waals surface area contributed by atoms with Gasteiger partial charge in [0.1, 0.15) is 0 Å². The Kier molecular flexibility index (Phi) is 7.95. The summed E-state index contributed by atoms with van der Waals surface area (Å²) in [6, 6.07) is 1.70. The minimum absolute atomic E-state index is 0. The monoisotopic (exact) mass is 414 g/mol. The van der Waals surface area contributed by atoms with Crippen molar-refractivity contribution >= 4 is 24.2 Å². The second-order valence-electron chi connectivity index (χ2n) is 6.80. The minimum atomic E-state index is -0.951. The fourth-order valence-corrected chi connectivity index (χ4v) is 4.19. The summed E-state index contributed by atoms with van der Waals surface area (Å²) >= 11 is 4.63. The predicted octanol–water partition coefficient (Wildman–Crippen LogP) is -0.244. The summed E-state index contributed by atoms with van der Waals surface area (Å²) in [5.74, 6) is -2.18. The second-order valence-corrected chi connectivity index (χ2v) is 7.24. The molecule has 0 unspecified atom stereocenters. The van der Waals surface area contributed by atoms with Gasteiger partial charge < -0.3 is 14.6 Å². The Labute approximate surface area is 207 Å². The number of thiol groups is 1. The number of hydrogen-bond donors (Lipinski definition) is 1. The number of benzene rings is 1. The maximum atomic E-state index is 13.1. The van der Waals surface area contributed by atoms with E-state index in [-0.39, 0.29) is 81.3 Å². The standard InChI is InChI=1S/C20H24O5S.K/c1-4-20(24-8-9-25-20)17-12(3)13(10-11(2)19(17)26)18(23)16-14(21)6-5-7-15(16)22;/h10,21,26H,4-9H2,1-3H3;/q;+1/p-1. The van der Waals surface area contributed by atoms with Crippen molar-refractivity contribution in [3.05, 3.63) is 39.7 Å². The van der Waals surface area contributed by atoms with E-state index in [2.05, 4.69) is 12.6 Å². The fraction of sp³-hybridized carbons (Fsp3) is 0.500. The molecule has 0 bridgehead atoms. The first kappa shape index (κ1) is 23.3. The molecule has 1 saturated heterocycles. The topological polar surface area (TPSA) is 75.7 Å². The molecule has 2 aliphatic rings. The predicted molar refractivity (Wildman–Crippen MR) is 97.3 cm³/mol. The van der Waals surface area contributed by atoms with Crippen molar-refractivity contribution < 1.29 is 75.6 Å². The van der Waals surface area contributed by atoms with E-state index in [1.807, 2.05) is 13.8 Å². The van der Waals surface area contributed by atoms with Crippen molar-refractivity contribution in [2.45, 2.75) is 57.1 Å². The number of rotatable bonds is 4. The molecule has 0 atom stereocenters. The number of aryl methyl sites for hydroxylation is 1. The van der Waals surface area contributed by atoms with Crippen molar-refractivity contribution in [1.29, 1.82) is 0 Å². The third-order valence-corrected chi connectivity index (χ3v) is 5.76. The van der Waals surface area contributed by atoms with Gasteiger partial charge in [-0.3, -0.25) is 9.59 Å². The first-order chi connectivity index (χ1) is 12.3. The summed E-state index contributed by atoms with van der Waals surface area (Å²) in [7, 11) is 0. The van der Waals surface area contributed by atoms with Gasteiger partial charge in [-0.25, -0.2) is 0 Å². The van der Waals surface area contributed by atoms with Crippen LogP contribution in [-0.2, 0) is 20.1 Å². The molecular weight excluding hydrogens is 391 g/mol. The van der Waals surface area contributed by atoms with E-state index in [4.69, 9.17) is 9.47 Å². The van der Waals surface area contributed by atoms with Gasteiger partial charge in [0.25, 0.3) is 0 Å². The van der Waals surface area contributed by atoms with Crippen LogP contribution >= 0.6 is 12.6 Å². The van der Waals surface area contributed by atoms with Gasteiger partial charge >= 0.3 is 51.4 Å². The molecule has 1 aromatic carbocycles. The zero-order chi connectivity index (χ0) is 19.1. The average molecular weight is 415 g/mol.